The Morgan fingerprint density at radius 1 is 1.36 bits per heavy atom. The van der Waals surface area contributed by atoms with E-state index in [1.54, 1.807) is 6.92 Å². The zero-order chi connectivity index (χ0) is 17.8. The molecule has 0 atom stereocenters. The van der Waals surface area contributed by atoms with E-state index in [2.05, 4.69) is 15.0 Å². The van der Waals surface area contributed by atoms with E-state index >= 15 is 0 Å². The highest BCUT2D eigenvalue weighted by Crippen LogP contribution is 2.29. The molecule has 0 aliphatic carbocycles. The molecule has 0 unspecified atom stereocenters. The van der Waals surface area contributed by atoms with Crippen molar-refractivity contribution in [1.82, 2.24) is 19.7 Å². The maximum absolute atomic E-state index is 12.0. The summed E-state index contributed by atoms with van der Waals surface area (Å²) in [6, 6.07) is 0. The largest absolute Gasteiger partial charge is 0.462 e. The van der Waals surface area contributed by atoms with Crippen LogP contribution in [0.5, 0.6) is 0 Å². The monoisotopic (exact) mass is 366 g/mol. The molecule has 0 amide bonds. The van der Waals surface area contributed by atoms with E-state index < -0.39 is 5.97 Å². The summed E-state index contributed by atoms with van der Waals surface area (Å²) in [5.41, 5.74) is 1.76. The first-order chi connectivity index (χ1) is 12.1. The first kappa shape index (κ1) is 18.1. The van der Waals surface area contributed by atoms with Crippen LogP contribution in [0.15, 0.2) is 6.20 Å². The fraction of sp³-hybridized carbons (Fsp3) is 0.588. The molecule has 2 aromatic heterocycles. The molecule has 0 bridgehead atoms. The normalized spacial score (nSPS) is 15.6. The minimum Gasteiger partial charge on any atom is -0.462 e. The van der Waals surface area contributed by atoms with E-state index in [0.717, 1.165) is 56.9 Å². The fourth-order valence-corrected chi connectivity index (χ4v) is 3.40. The first-order valence-electron chi connectivity index (χ1n) is 8.60. The molecule has 0 N–H and O–H groups in total. The highest BCUT2D eigenvalue weighted by Gasteiger charge is 2.20. The Bertz CT molecular complexity index is 756. The number of fused-ring (bicyclic) bond motifs is 1. The van der Waals surface area contributed by atoms with Gasteiger partial charge in [-0.1, -0.05) is 11.6 Å². The van der Waals surface area contributed by atoms with Gasteiger partial charge in [0.2, 0.25) is 0 Å². The van der Waals surface area contributed by atoms with Crippen LogP contribution in [-0.4, -0.2) is 65.1 Å². The number of esters is 1. The van der Waals surface area contributed by atoms with Gasteiger partial charge in [-0.3, -0.25) is 4.90 Å². The Balaban J connectivity index is 1.76. The van der Waals surface area contributed by atoms with Gasteiger partial charge in [0.05, 0.1) is 41.5 Å². The molecule has 1 aliphatic rings. The van der Waals surface area contributed by atoms with Crippen molar-refractivity contribution < 1.29 is 14.3 Å². The van der Waals surface area contributed by atoms with Crippen molar-refractivity contribution in [3.8, 4) is 0 Å². The predicted octanol–water partition coefficient (Wildman–Crippen LogP) is 2.29. The van der Waals surface area contributed by atoms with Crippen molar-refractivity contribution >= 4 is 28.6 Å². The summed E-state index contributed by atoms with van der Waals surface area (Å²) in [5.74, 6) is -0.457. The van der Waals surface area contributed by atoms with Crippen molar-refractivity contribution in [2.45, 2.75) is 26.8 Å². The lowest BCUT2D eigenvalue weighted by Gasteiger charge is -2.26. The summed E-state index contributed by atoms with van der Waals surface area (Å²) in [4.78, 5) is 18.8. The Hall–Kier alpha value is -1.70. The van der Waals surface area contributed by atoms with Crippen molar-refractivity contribution in [2.24, 2.45) is 0 Å². The predicted molar refractivity (Wildman–Crippen MR) is 95.1 cm³/mol. The van der Waals surface area contributed by atoms with Gasteiger partial charge in [0, 0.05) is 32.4 Å². The zero-order valence-corrected chi connectivity index (χ0v) is 15.4. The van der Waals surface area contributed by atoms with Crippen LogP contribution >= 0.6 is 11.6 Å². The van der Waals surface area contributed by atoms with Crippen LogP contribution in [-0.2, 0) is 16.0 Å². The second-order valence-electron chi connectivity index (χ2n) is 6.02. The minimum atomic E-state index is -0.457. The average Bonchev–Trinajstić information content (AvgIpc) is 2.93. The highest BCUT2D eigenvalue weighted by molar-refractivity contribution is 6.38. The topological polar surface area (TPSA) is 69.5 Å². The van der Waals surface area contributed by atoms with Crippen LogP contribution in [0.25, 0.3) is 11.0 Å². The minimum absolute atomic E-state index is 0.284. The number of aryl methyl sites for hydroxylation is 2. The maximum atomic E-state index is 12.0. The second-order valence-corrected chi connectivity index (χ2v) is 6.40. The summed E-state index contributed by atoms with van der Waals surface area (Å²) in [6.45, 7) is 9.25. The molecule has 136 valence electrons. The Kier molecular flexibility index (Phi) is 5.88. The molecule has 3 heterocycles. The molecule has 8 heteroatoms. The number of ether oxygens (including phenoxy) is 2. The number of pyridine rings is 1. The van der Waals surface area contributed by atoms with Gasteiger partial charge < -0.3 is 9.47 Å². The van der Waals surface area contributed by atoms with E-state index in [-0.39, 0.29) is 5.56 Å². The van der Waals surface area contributed by atoms with E-state index in [1.165, 1.54) is 6.20 Å². The van der Waals surface area contributed by atoms with Crippen LogP contribution in [0.1, 0.15) is 29.4 Å². The fourth-order valence-electron chi connectivity index (χ4n) is 3.05. The lowest BCUT2D eigenvalue weighted by Crippen LogP contribution is -2.37. The van der Waals surface area contributed by atoms with Crippen molar-refractivity contribution in [3.63, 3.8) is 0 Å². The summed E-state index contributed by atoms with van der Waals surface area (Å²) in [6.07, 6.45) is 2.44. The number of morpholine rings is 1. The number of aromatic nitrogens is 3. The van der Waals surface area contributed by atoms with Gasteiger partial charge in [-0.15, -0.1) is 0 Å². The SMILES string of the molecule is CCOC(=O)c1cnc2c(c(C)nn2CCCN2CCOCC2)c1Cl. The highest BCUT2D eigenvalue weighted by atomic mass is 35.5. The standard InChI is InChI=1S/C17H23ClN4O3/c1-3-25-17(23)13-11-19-16-14(15(13)18)12(2)20-22(16)6-4-5-21-7-9-24-10-8-21/h11H,3-10H2,1-2H3. The van der Waals surface area contributed by atoms with Crippen LogP contribution in [0, 0.1) is 6.92 Å². The van der Waals surface area contributed by atoms with Crippen molar-refractivity contribution in [3.05, 3.63) is 22.5 Å². The van der Waals surface area contributed by atoms with E-state index in [0.29, 0.717) is 17.3 Å². The summed E-state index contributed by atoms with van der Waals surface area (Å²) < 4.78 is 12.3. The number of halogens is 1. The number of hydrogen-bond acceptors (Lipinski definition) is 6. The molecule has 0 spiro atoms. The van der Waals surface area contributed by atoms with Gasteiger partial charge in [-0.25, -0.2) is 14.5 Å². The van der Waals surface area contributed by atoms with E-state index in [4.69, 9.17) is 21.1 Å². The molecule has 0 aromatic carbocycles. The molecule has 1 aliphatic heterocycles. The number of carbonyl (C=O) groups is 1. The van der Waals surface area contributed by atoms with Gasteiger partial charge in [0.1, 0.15) is 0 Å². The van der Waals surface area contributed by atoms with Crippen LogP contribution < -0.4 is 0 Å². The average molecular weight is 367 g/mol. The summed E-state index contributed by atoms with van der Waals surface area (Å²) in [5, 5.41) is 5.64. The van der Waals surface area contributed by atoms with Gasteiger partial charge in [-0.2, -0.15) is 5.10 Å². The third-order valence-corrected chi connectivity index (χ3v) is 4.71. The molecule has 25 heavy (non-hydrogen) atoms. The van der Waals surface area contributed by atoms with Crippen LogP contribution in [0.4, 0.5) is 0 Å². The number of rotatable bonds is 6. The van der Waals surface area contributed by atoms with E-state index in [9.17, 15) is 4.79 Å². The van der Waals surface area contributed by atoms with Crippen LogP contribution in [0.2, 0.25) is 5.02 Å². The van der Waals surface area contributed by atoms with Gasteiger partial charge in [0.25, 0.3) is 0 Å². The maximum Gasteiger partial charge on any atom is 0.341 e. The van der Waals surface area contributed by atoms with E-state index in [1.807, 2.05) is 11.6 Å². The molecule has 0 radical (unpaired) electrons. The van der Waals surface area contributed by atoms with Crippen molar-refractivity contribution in [1.29, 1.82) is 0 Å². The van der Waals surface area contributed by atoms with Gasteiger partial charge in [-0.05, 0) is 20.3 Å². The molecule has 1 saturated heterocycles. The van der Waals surface area contributed by atoms with Crippen molar-refractivity contribution in [2.75, 3.05) is 39.5 Å². The Labute approximate surface area is 151 Å². The number of nitrogens with zero attached hydrogens (tertiary/aromatic N) is 4. The van der Waals surface area contributed by atoms with Gasteiger partial charge in [0.15, 0.2) is 5.65 Å². The molecule has 1 fully saturated rings. The third-order valence-electron chi connectivity index (χ3n) is 4.32. The second kappa shape index (κ2) is 8.12. The summed E-state index contributed by atoms with van der Waals surface area (Å²) in [7, 11) is 0. The van der Waals surface area contributed by atoms with Crippen LogP contribution in [0.3, 0.4) is 0 Å². The third kappa shape index (κ3) is 3.94. The molecular weight excluding hydrogens is 344 g/mol. The number of carbonyl (C=O) groups excluding carboxylic acids is 1. The quantitative estimate of drug-likeness (QED) is 0.730. The first-order valence-corrected chi connectivity index (χ1v) is 8.98. The van der Waals surface area contributed by atoms with Gasteiger partial charge >= 0.3 is 5.97 Å². The molecular formula is C17H23ClN4O3. The molecule has 3 rings (SSSR count). The summed E-state index contributed by atoms with van der Waals surface area (Å²) >= 11 is 6.43. The number of hydrogen-bond donors (Lipinski definition) is 0. The molecule has 2 aromatic rings. The zero-order valence-electron chi connectivity index (χ0n) is 14.6. The Morgan fingerprint density at radius 3 is 2.84 bits per heavy atom. The Morgan fingerprint density at radius 2 is 2.12 bits per heavy atom. The lowest BCUT2D eigenvalue weighted by atomic mass is 10.2. The molecule has 7 nitrogen and oxygen atoms in total. The lowest BCUT2D eigenvalue weighted by molar-refractivity contribution is 0.0368. The molecule has 0 saturated carbocycles. The smallest absolute Gasteiger partial charge is 0.341 e.